The van der Waals surface area contributed by atoms with Crippen LogP contribution in [0.5, 0.6) is 0 Å². The standard InChI is InChI=1S/C6H9P.3C4H9.Sn/c1-5-3-7-4-6(5)2;3*1-3-4-2;/h3-4,7H,1-2H3;3*1,3-4H2,2H3;. The molecule has 0 saturated carbocycles. The van der Waals surface area contributed by atoms with Crippen molar-refractivity contribution in [2.24, 2.45) is 0 Å². The van der Waals surface area contributed by atoms with Crippen molar-refractivity contribution in [2.45, 2.75) is 86.5 Å². The second-order valence-electron chi connectivity index (χ2n) is 5.88. The maximum Gasteiger partial charge on any atom is -0.0392 e. The van der Waals surface area contributed by atoms with Crippen molar-refractivity contribution in [3.63, 3.8) is 0 Å². The van der Waals surface area contributed by atoms with Gasteiger partial charge in [-0.1, -0.05) is 0 Å². The van der Waals surface area contributed by atoms with Gasteiger partial charge in [-0.25, -0.2) is 0 Å². The maximum absolute atomic E-state index is 2.33. The van der Waals surface area contributed by atoms with E-state index in [4.69, 9.17) is 0 Å². The minimum atomic E-state index is -0.839. The first kappa shape index (κ1) is 20.6. The Bertz CT molecular complexity index is 271. The quantitative estimate of drug-likeness (QED) is 0.383. The van der Waals surface area contributed by atoms with E-state index < -0.39 is 19.8 Å². The zero-order chi connectivity index (χ0) is 15.2. The summed E-state index contributed by atoms with van der Waals surface area (Å²) in [6.07, 6.45) is 8.85. The van der Waals surface area contributed by atoms with Crippen molar-refractivity contribution in [1.82, 2.24) is 0 Å². The molecule has 0 nitrogen and oxygen atoms in total. The fraction of sp³-hybridized carbons (Fsp3) is 0.778. The van der Waals surface area contributed by atoms with Crippen LogP contribution < -0.4 is 0 Å². The van der Waals surface area contributed by atoms with Crippen molar-refractivity contribution < 1.29 is 0 Å². The topological polar surface area (TPSA) is 0 Å². The van der Waals surface area contributed by atoms with E-state index in [1.54, 1.807) is 13.3 Å². The molecule has 1 rings (SSSR count). The summed E-state index contributed by atoms with van der Waals surface area (Å²) in [5.74, 6) is 4.55. The first-order chi connectivity index (χ1) is 9.65. The zero-order valence-corrected chi connectivity index (χ0v) is 18.4. The fourth-order valence-corrected chi connectivity index (χ4v) is 12.7. The van der Waals surface area contributed by atoms with Crippen LogP contribution in [-0.4, -0.2) is 19.8 Å². The number of unbranched alkanes of at least 4 members (excludes halogenated alkanes) is 3. The van der Waals surface area contributed by atoms with Crippen LogP contribution in [0.2, 0.25) is 13.3 Å². The summed E-state index contributed by atoms with van der Waals surface area (Å²) in [6.45, 7) is 11.3. The second-order valence-corrected chi connectivity index (χ2v) is 15.4. The van der Waals surface area contributed by atoms with Gasteiger partial charge in [0.05, 0.1) is 0 Å². The van der Waals surface area contributed by atoms with Gasteiger partial charge in [0.1, 0.15) is 0 Å². The Balaban J connectivity index is 0.000000428. The van der Waals surface area contributed by atoms with Crippen molar-refractivity contribution in [3.05, 3.63) is 22.7 Å². The summed E-state index contributed by atoms with van der Waals surface area (Å²) in [5.41, 5.74) is 2.91. The van der Waals surface area contributed by atoms with Crippen LogP contribution in [0.4, 0.5) is 0 Å². The molecule has 2 heteroatoms. The number of rotatable bonds is 9. The van der Waals surface area contributed by atoms with Crippen LogP contribution in [0.3, 0.4) is 0 Å². The Morgan fingerprint density at radius 3 is 1.30 bits per heavy atom. The van der Waals surface area contributed by atoms with Crippen LogP contribution in [-0.2, 0) is 0 Å². The van der Waals surface area contributed by atoms with E-state index in [2.05, 4.69) is 46.2 Å². The first-order valence-electron chi connectivity index (χ1n) is 8.59. The Kier molecular flexibility index (Phi) is 14.9. The Morgan fingerprint density at radius 1 is 0.750 bits per heavy atom. The average Bonchev–Trinajstić information content (AvgIpc) is 2.83. The van der Waals surface area contributed by atoms with Gasteiger partial charge in [0, 0.05) is 0 Å². The smallest absolute Gasteiger partial charge is 0.0392 e. The molecule has 0 fully saturated rings. The number of aryl methyl sites for hydroxylation is 2. The van der Waals surface area contributed by atoms with E-state index in [0.29, 0.717) is 0 Å². The summed E-state index contributed by atoms with van der Waals surface area (Å²) in [7, 11) is 0.945. The van der Waals surface area contributed by atoms with Gasteiger partial charge in [-0.05, 0) is 36.6 Å². The molecule has 0 amide bonds. The molecule has 20 heavy (non-hydrogen) atoms. The molecule has 0 bridgehead atoms. The van der Waals surface area contributed by atoms with Gasteiger partial charge in [0.2, 0.25) is 0 Å². The molecule has 0 saturated heterocycles. The minimum absolute atomic E-state index is 0.839. The molecule has 0 spiro atoms. The largest absolute Gasteiger partial charge is 0.139 e. The van der Waals surface area contributed by atoms with Crippen molar-refractivity contribution >= 4 is 28.0 Å². The van der Waals surface area contributed by atoms with Gasteiger partial charge in [0.15, 0.2) is 0 Å². The van der Waals surface area contributed by atoms with E-state index in [0.717, 1.165) is 8.19 Å². The van der Waals surface area contributed by atoms with Gasteiger partial charge in [0.25, 0.3) is 0 Å². The molecule has 0 aliphatic rings. The third kappa shape index (κ3) is 11.3. The summed E-state index contributed by atoms with van der Waals surface area (Å²) < 4.78 is 5.04. The van der Waals surface area contributed by atoms with Gasteiger partial charge < -0.3 is 0 Å². The zero-order valence-electron chi connectivity index (χ0n) is 14.5. The van der Waals surface area contributed by atoms with Crippen LogP contribution in [0, 0.1) is 13.8 Å². The van der Waals surface area contributed by atoms with Gasteiger partial charge >= 0.3 is 92.4 Å². The van der Waals surface area contributed by atoms with Gasteiger partial charge in [-0.15, -0.1) is 8.19 Å². The maximum atomic E-state index is 2.33. The summed E-state index contributed by atoms with van der Waals surface area (Å²) >= 11 is -0.839. The molecular formula is C18H36PSn. The van der Waals surface area contributed by atoms with Crippen LogP contribution in [0.1, 0.15) is 70.4 Å². The van der Waals surface area contributed by atoms with E-state index in [9.17, 15) is 0 Å². The van der Waals surface area contributed by atoms with Crippen LogP contribution in [0.25, 0.3) is 0 Å². The van der Waals surface area contributed by atoms with Gasteiger partial charge in [-0.3, -0.25) is 0 Å². The predicted molar refractivity (Wildman–Crippen MR) is 100 cm³/mol. The Labute approximate surface area is 137 Å². The Hall–Kier alpha value is 0.579. The second kappa shape index (κ2) is 14.5. The summed E-state index contributed by atoms with van der Waals surface area (Å²) in [6, 6.07) is 0. The monoisotopic (exact) mass is 403 g/mol. The molecule has 1 aromatic rings. The third-order valence-electron chi connectivity index (χ3n) is 3.87. The molecule has 117 valence electrons. The molecule has 1 radical (unpaired) electrons. The molecule has 0 aliphatic heterocycles. The molecule has 0 atom stereocenters. The predicted octanol–water partition coefficient (Wildman–Crippen LogP) is 7.22. The van der Waals surface area contributed by atoms with Crippen molar-refractivity contribution in [2.75, 3.05) is 0 Å². The summed E-state index contributed by atoms with van der Waals surface area (Å²) in [5, 5.41) is 0. The first-order valence-corrected chi connectivity index (χ1v) is 15.8. The van der Waals surface area contributed by atoms with E-state index in [1.807, 2.05) is 0 Å². The molecule has 0 aliphatic carbocycles. The molecule has 0 N–H and O–H groups in total. The molecule has 0 aromatic carbocycles. The van der Waals surface area contributed by atoms with E-state index in [-0.39, 0.29) is 0 Å². The Morgan fingerprint density at radius 2 is 1.10 bits per heavy atom. The van der Waals surface area contributed by atoms with Crippen molar-refractivity contribution in [3.8, 4) is 0 Å². The normalized spacial score (nSPS) is 10.5. The summed E-state index contributed by atoms with van der Waals surface area (Å²) in [4.78, 5) is 0. The van der Waals surface area contributed by atoms with Gasteiger partial charge in [-0.2, -0.15) is 0 Å². The van der Waals surface area contributed by atoms with Crippen molar-refractivity contribution in [1.29, 1.82) is 0 Å². The van der Waals surface area contributed by atoms with E-state index in [1.165, 1.54) is 49.7 Å². The molecule has 0 unspecified atom stereocenters. The molecule has 1 heterocycles. The third-order valence-corrected chi connectivity index (χ3v) is 14.2. The fourth-order valence-electron chi connectivity index (χ4n) is 2.17. The number of hydrogen-bond donors (Lipinski definition) is 0. The van der Waals surface area contributed by atoms with E-state index >= 15 is 0 Å². The average molecular weight is 402 g/mol. The minimum Gasteiger partial charge on any atom is -0.139 e. The molecular weight excluding hydrogens is 366 g/mol. The van der Waals surface area contributed by atoms with Crippen LogP contribution in [0.15, 0.2) is 11.6 Å². The molecule has 1 aromatic heterocycles. The SMILES string of the molecule is CCC[CH2][Sn]([CH2]CCC)[CH2]CCC.Cc1c[pH]cc1C. The van der Waals surface area contributed by atoms with Crippen LogP contribution >= 0.6 is 8.19 Å². The number of hydrogen-bond acceptors (Lipinski definition) is 0.